The highest BCUT2D eigenvalue weighted by Crippen LogP contribution is 2.10. The standard InChI is InChI=1S/C14H19ClN2O3S/c15-11-3-1-2-10(8-11)4-6-17-13(18)9-21-7-5-12(16)14(19)20/h1-3,8,12H,4-7,9,16H2,(H,17,18)(H,19,20). The van der Waals surface area contributed by atoms with Gasteiger partial charge in [-0.1, -0.05) is 23.7 Å². The van der Waals surface area contributed by atoms with Gasteiger partial charge in [-0.2, -0.15) is 11.8 Å². The van der Waals surface area contributed by atoms with E-state index < -0.39 is 12.0 Å². The van der Waals surface area contributed by atoms with Gasteiger partial charge in [0.25, 0.3) is 0 Å². The number of carbonyl (C=O) groups is 2. The quantitative estimate of drug-likeness (QED) is 0.597. The van der Waals surface area contributed by atoms with E-state index in [4.69, 9.17) is 22.4 Å². The van der Waals surface area contributed by atoms with Gasteiger partial charge in [0.1, 0.15) is 6.04 Å². The van der Waals surface area contributed by atoms with E-state index >= 15 is 0 Å². The van der Waals surface area contributed by atoms with Crippen LogP contribution < -0.4 is 11.1 Å². The first-order chi connectivity index (χ1) is 9.99. The summed E-state index contributed by atoms with van der Waals surface area (Å²) in [5, 5.41) is 12.1. The molecule has 5 nitrogen and oxygen atoms in total. The van der Waals surface area contributed by atoms with E-state index in [-0.39, 0.29) is 5.91 Å². The summed E-state index contributed by atoms with van der Waals surface area (Å²) >= 11 is 7.26. The van der Waals surface area contributed by atoms with Crippen molar-refractivity contribution in [2.45, 2.75) is 18.9 Å². The Morgan fingerprint density at radius 1 is 1.43 bits per heavy atom. The Balaban J connectivity index is 2.10. The van der Waals surface area contributed by atoms with Crippen molar-refractivity contribution in [3.05, 3.63) is 34.9 Å². The highest BCUT2D eigenvalue weighted by atomic mass is 35.5. The van der Waals surface area contributed by atoms with Crippen LogP contribution in [0.25, 0.3) is 0 Å². The SMILES string of the molecule is NC(CCSCC(=O)NCCc1cccc(Cl)c1)C(=O)O. The van der Waals surface area contributed by atoms with Gasteiger partial charge in [0.05, 0.1) is 5.75 Å². The summed E-state index contributed by atoms with van der Waals surface area (Å²) in [7, 11) is 0. The van der Waals surface area contributed by atoms with Crippen LogP contribution in [0.1, 0.15) is 12.0 Å². The first kappa shape index (κ1) is 17.8. The summed E-state index contributed by atoms with van der Waals surface area (Å²) in [6.45, 7) is 0.550. The minimum absolute atomic E-state index is 0.0640. The van der Waals surface area contributed by atoms with Gasteiger partial charge in [0.15, 0.2) is 0 Å². The van der Waals surface area contributed by atoms with Gasteiger partial charge in [-0.3, -0.25) is 9.59 Å². The number of hydrogen-bond acceptors (Lipinski definition) is 4. The summed E-state index contributed by atoms with van der Waals surface area (Å²) in [4.78, 5) is 22.1. The molecule has 0 aliphatic carbocycles. The van der Waals surface area contributed by atoms with Gasteiger partial charge in [-0.25, -0.2) is 0 Å². The number of benzene rings is 1. The molecule has 0 radical (unpaired) electrons. The second-order valence-corrected chi connectivity index (χ2v) is 6.06. The Hall–Kier alpha value is -1.24. The van der Waals surface area contributed by atoms with Gasteiger partial charge >= 0.3 is 5.97 Å². The van der Waals surface area contributed by atoms with Crippen LogP contribution in [0.4, 0.5) is 0 Å². The van der Waals surface area contributed by atoms with E-state index in [1.165, 1.54) is 11.8 Å². The molecule has 1 aromatic rings. The molecule has 116 valence electrons. The number of amides is 1. The van der Waals surface area contributed by atoms with E-state index in [2.05, 4.69) is 5.32 Å². The minimum Gasteiger partial charge on any atom is -0.480 e. The number of thioether (sulfide) groups is 1. The molecule has 7 heteroatoms. The minimum atomic E-state index is -1.01. The number of halogens is 1. The monoisotopic (exact) mass is 330 g/mol. The molecule has 1 aromatic carbocycles. The normalized spacial score (nSPS) is 11.9. The summed E-state index contributed by atoms with van der Waals surface area (Å²) < 4.78 is 0. The van der Waals surface area contributed by atoms with E-state index in [9.17, 15) is 9.59 Å². The van der Waals surface area contributed by atoms with Crippen LogP contribution in [0.2, 0.25) is 5.02 Å². The fourth-order valence-electron chi connectivity index (χ4n) is 1.59. The molecule has 0 spiro atoms. The van der Waals surface area contributed by atoms with Crippen LogP contribution in [0, 0.1) is 0 Å². The summed E-state index contributed by atoms with van der Waals surface area (Å²) in [5.41, 5.74) is 6.44. The van der Waals surface area contributed by atoms with Crippen molar-refractivity contribution in [1.29, 1.82) is 0 Å². The average molecular weight is 331 g/mol. The highest BCUT2D eigenvalue weighted by Gasteiger charge is 2.11. The number of carbonyl (C=O) groups excluding carboxylic acids is 1. The summed E-state index contributed by atoms with van der Waals surface area (Å²) in [6, 6.07) is 6.65. The van der Waals surface area contributed by atoms with Crippen molar-refractivity contribution < 1.29 is 14.7 Å². The molecule has 0 saturated carbocycles. The fraction of sp³-hybridized carbons (Fsp3) is 0.429. The van der Waals surface area contributed by atoms with Crippen LogP contribution in [0.5, 0.6) is 0 Å². The first-order valence-corrected chi connectivity index (χ1v) is 8.09. The third-order valence-corrected chi connectivity index (χ3v) is 3.97. The molecule has 21 heavy (non-hydrogen) atoms. The zero-order valence-electron chi connectivity index (χ0n) is 11.5. The van der Waals surface area contributed by atoms with Gasteiger partial charge < -0.3 is 16.2 Å². The van der Waals surface area contributed by atoms with Crippen LogP contribution >= 0.6 is 23.4 Å². The lowest BCUT2D eigenvalue weighted by Gasteiger charge is -2.07. The second-order valence-electron chi connectivity index (χ2n) is 4.52. The molecule has 0 heterocycles. The molecule has 1 atom stereocenters. The topological polar surface area (TPSA) is 92.4 Å². The molecule has 4 N–H and O–H groups in total. The van der Waals surface area contributed by atoms with Crippen molar-refractivity contribution >= 4 is 35.2 Å². The number of nitrogens with two attached hydrogens (primary N) is 1. The lowest BCUT2D eigenvalue weighted by atomic mass is 10.1. The molecule has 0 aromatic heterocycles. The first-order valence-electron chi connectivity index (χ1n) is 6.56. The lowest BCUT2D eigenvalue weighted by Crippen LogP contribution is -2.31. The molecular formula is C14H19ClN2O3S. The Bertz CT molecular complexity index is 485. The Kier molecular flexibility index (Phi) is 8.19. The van der Waals surface area contributed by atoms with Crippen molar-refractivity contribution in [3.63, 3.8) is 0 Å². The maximum atomic E-state index is 11.6. The number of nitrogens with one attached hydrogen (secondary N) is 1. The number of carboxylic acids is 1. The third-order valence-electron chi connectivity index (χ3n) is 2.75. The Morgan fingerprint density at radius 3 is 2.86 bits per heavy atom. The zero-order chi connectivity index (χ0) is 15.7. The smallest absolute Gasteiger partial charge is 0.320 e. The van der Waals surface area contributed by atoms with Gasteiger partial charge in [-0.15, -0.1) is 0 Å². The van der Waals surface area contributed by atoms with Crippen molar-refractivity contribution in [3.8, 4) is 0 Å². The summed E-state index contributed by atoms with van der Waals surface area (Å²) in [6.07, 6.45) is 1.08. The number of hydrogen-bond donors (Lipinski definition) is 3. The number of rotatable bonds is 9. The van der Waals surface area contributed by atoms with Gasteiger partial charge in [0.2, 0.25) is 5.91 Å². The molecule has 1 amide bonds. The molecular weight excluding hydrogens is 312 g/mol. The van der Waals surface area contributed by atoms with Crippen LogP contribution in [0.15, 0.2) is 24.3 Å². The molecule has 0 aliphatic heterocycles. The predicted octanol–water partition coefficient (Wildman–Crippen LogP) is 1.53. The number of aliphatic carboxylic acids is 1. The van der Waals surface area contributed by atoms with Crippen molar-refractivity contribution in [2.24, 2.45) is 5.73 Å². The zero-order valence-corrected chi connectivity index (χ0v) is 13.1. The van der Waals surface area contributed by atoms with Gasteiger partial charge in [0, 0.05) is 11.6 Å². The number of carboxylic acid groups (broad SMARTS) is 1. The van der Waals surface area contributed by atoms with E-state index in [1.807, 2.05) is 24.3 Å². The maximum absolute atomic E-state index is 11.6. The van der Waals surface area contributed by atoms with Crippen molar-refractivity contribution in [2.75, 3.05) is 18.1 Å². The highest BCUT2D eigenvalue weighted by molar-refractivity contribution is 7.99. The second kappa shape index (κ2) is 9.65. The molecule has 1 unspecified atom stereocenters. The Morgan fingerprint density at radius 2 is 2.19 bits per heavy atom. The molecule has 0 aliphatic rings. The lowest BCUT2D eigenvalue weighted by molar-refractivity contribution is -0.138. The van der Waals surface area contributed by atoms with Crippen LogP contribution in [-0.4, -0.2) is 41.1 Å². The third kappa shape index (κ3) is 7.94. The van der Waals surface area contributed by atoms with E-state index in [0.717, 1.165) is 12.0 Å². The summed E-state index contributed by atoms with van der Waals surface area (Å²) in [5.74, 6) is -0.218. The Labute approximate surface area is 133 Å². The van der Waals surface area contributed by atoms with E-state index in [0.29, 0.717) is 29.5 Å². The van der Waals surface area contributed by atoms with Crippen LogP contribution in [-0.2, 0) is 16.0 Å². The van der Waals surface area contributed by atoms with Crippen LogP contribution in [0.3, 0.4) is 0 Å². The maximum Gasteiger partial charge on any atom is 0.320 e. The molecule has 1 rings (SSSR count). The molecule has 0 saturated heterocycles. The molecule has 0 fully saturated rings. The predicted molar refractivity (Wildman–Crippen MR) is 85.7 cm³/mol. The van der Waals surface area contributed by atoms with Gasteiger partial charge in [-0.05, 0) is 36.3 Å². The molecule has 0 bridgehead atoms. The van der Waals surface area contributed by atoms with Crippen molar-refractivity contribution in [1.82, 2.24) is 5.32 Å². The fourth-order valence-corrected chi connectivity index (χ4v) is 2.65. The average Bonchev–Trinajstić information content (AvgIpc) is 2.43. The largest absolute Gasteiger partial charge is 0.480 e. The van der Waals surface area contributed by atoms with E-state index in [1.54, 1.807) is 0 Å².